The standard InChI is InChI=1S/C48H31N3O2S/c1-48(2)38-14-6-3-10-32(38)33-24-22-30(27-41(33)53-48)28-18-20-29(21-19-28)45-49-46(31-23-25-43-37(26-31)34-11-5-8-17-42(34)54-43)51-47(50-45)36-13-9-16-40-44(36)35-12-4-7-15-39(35)52-40/h3-27H,1-2H3. The van der Waals surface area contributed by atoms with E-state index in [4.69, 9.17) is 24.1 Å². The lowest BCUT2D eigenvalue weighted by atomic mass is 9.85. The van der Waals surface area contributed by atoms with Crippen molar-refractivity contribution in [3.63, 3.8) is 0 Å². The zero-order valence-electron chi connectivity index (χ0n) is 29.5. The van der Waals surface area contributed by atoms with Gasteiger partial charge in [0.25, 0.3) is 0 Å². The second-order valence-electron chi connectivity index (χ2n) is 14.3. The van der Waals surface area contributed by atoms with Gasteiger partial charge in [0.15, 0.2) is 17.5 Å². The Morgan fingerprint density at radius 3 is 2.00 bits per heavy atom. The van der Waals surface area contributed by atoms with Crippen molar-refractivity contribution in [3.8, 4) is 62.2 Å². The van der Waals surface area contributed by atoms with E-state index in [-0.39, 0.29) is 0 Å². The van der Waals surface area contributed by atoms with Crippen molar-refractivity contribution >= 4 is 53.4 Å². The molecule has 4 heterocycles. The van der Waals surface area contributed by atoms with Crippen LogP contribution in [0.2, 0.25) is 0 Å². The van der Waals surface area contributed by atoms with Crippen molar-refractivity contribution in [1.82, 2.24) is 15.0 Å². The highest BCUT2D eigenvalue weighted by molar-refractivity contribution is 7.25. The van der Waals surface area contributed by atoms with Gasteiger partial charge in [-0.05, 0) is 73.0 Å². The predicted molar refractivity (Wildman–Crippen MR) is 221 cm³/mol. The van der Waals surface area contributed by atoms with E-state index in [1.807, 2.05) is 30.3 Å². The lowest BCUT2D eigenvalue weighted by Crippen LogP contribution is -2.29. The van der Waals surface area contributed by atoms with Gasteiger partial charge < -0.3 is 9.15 Å². The number of hydrogen-bond acceptors (Lipinski definition) is 6. The maximum atomic E-state index is 6.58. The molecule has 256 valence electrons. The summed E-state index contributed by atoms with van der Waals surface area (Å²) in [5, 5.41) is 4.46. The van der Waals surface area contributed by atoms with Crippen molar-refractivity contribution in [1.29, 1.82) is 0 Å². The van der Waals surface area contributed by atoms with Crippen molar-refractivity contribution in [2.45, 2.75) is 19.4 Å². The van der Waals surface area contributed by atoms with Crippen LogP contribution in [0, 0.1) is 0 Å². The number of benzene rings is 7. The van der Waals surface area contributed by atoms with Crippen LogP contribution in [0.15, 0.2) is 156 Å². The van der Waals surface area contributed by atoms with Crippen LogP contribution in [0.1, 0.15) is 19.4 Å². The number of rotatable bonds is 4. The third kappa shape index (κ3) is 4.87. The number of hydrogen-bond donors (Lipinski definition) is 0. The summed E-state index contributed by atoms with van der Waals surface area (Å²) < 4.78 is 15.3. The highest BCUT2D eigenvalue weighted by Gasteiger charge is 2.32. The lowest BCUT2D eigenvalue weighted by molar-refractivity contribution is 0.106. The molecule has 6 heteroatoms. The smallest absolute Gasteiger partial charge is 0.164 e. The van der Waals surface area contributed by atoms with Crippen LogP contribution in [0.25, 0.3) is 98.5 Å². The molecule has 0 N–H and O–H groups in total. The summed E-state index contributed by atoms with van der Waals surface area (Å²) in [4.78, 5) is 15.5. The molecule has 0 unspecified atom stereocenters. The largest absolute Gasteiger partial charge is 0.482 e. The molecule has 0 saturated heterocycles. The first kappa shape index (κ1) is 30.9. The molecule has 1 aliphatic rings. The minimum Gasteiger partial charge on any atom is -0.482 e. The summed E-state index contributed by atoms with van der Waals surface area (Å²) in [5.74, 6) is 2.72. The van der Waals surface area contributed by atoms with Crippen LogP contribution in [-0.4, -0.2) is 15.0 Å². The Hall–Kier alpha value is -6.63. The number of thiophene rings is 1. The molecule has 10 aromatic rings. The Kier molecular flexibility index (Phi) is 6.70. The number of nitrogens with zero attached hydrogens (tertiary/aromatic N) is 3. The first-order chi connectivity index (χ1) is 26.5. The quantitative estimate of drug-likeness (QED) is 0.182. The summed E-state index contributed by atoms with van der Waals surface area (Å²) >= 11 is 1.80. The molecule has 0 amide bonds. The van der Waals surface area contributed by atoms with Gasteiger partial charge in [-0.2, -0.15) is 0 Å². The molecule has 11 rings (SSSR count). The average Bonchev–Trinajstić information content (AvgIpc) is 3.79. The summed E-state index contributed by atoms with van der Waals surface area (Å²) in [5.41, 5.74) is 9.66. The first-order valence-electron chi connectivity index (χ1n) is 18.1. The van der Waals surface area contributed by atoms with Crippen molar-refractivity contribution < 1.29 is 9.15 Å². The van der Waals surface area contributed by atoms with Crippen molar-refractivity contribution in [2.75, 3.05) is 0 Å². The van der Waals surface area contributed by atoms with Gasteiger partial charge in [-0.15, -0.1) is 11.3 Å². The summed E-state index contributed by atoms with van der Waals surface area (Å²) in [6.07, 6.45) is 0. The molecule has 3 aromatic heterocycles. The third-order valence-corrected chi connectivity index (χ3v) is 11.8. The van der Waals surface area contributed by atoms with Gasteiger partial charge in [0.05, 0.1) is 0 Å². The molecule has 0 bridgehead atoms. The SMILES string of the molecule is CC1(C)Oc2cc(-c3ccc(-c4nc(-c5ccc6sc7ccccc7c6c5)nc(-c5cccc6oc7ccccc7c56)n4)cc3)ccc2-c2ccccc21. The minimum atomic E-state index is -0.422. The highest BCUT2D eigenvalue weighted by Crippen LogP contribution is 2.46. The molecule has 0 aliphatic carbocycles. The molecule has 0 atom stereocenters. The van der Waals surface area contributed by atoms with Gasteiger partial charge in [0.2, 0.25) is 0 Å². The Morgan fingerprint density at radius 2 is 1.11 bits per heavy atom. The Labute approximate surface area is 315 Å². The number of para-hydroxylation sites is 1. The van der Waals surface area contributed by atoms with E-state index in [1.165, 1.54) is 31.3 Å². The molecule has 7 aromatic carbocycles. The normalized spacial score (nSPS) is 13.3. The van der Waals surface area contributed by atoms with E-state index >= 15 is 0 Å². The van der Waals surface area contributed by atoms with Crippen molar-refractivity contribution in [3.05, 3.63) is 157 Å². The molecular formula is C48H31N3O2S. The fourth-order valence-electron chi connectivity index (χ4n) is 7.97. The van der Waals surface area contributed by atoms with E-state index in [1.54, 1.807) is 11.3 Å². The van der Waals surface area contributed by atoms with Crippen molar-refractivity contribution in [2.24, 2.45) is 0 Å². The summed E-state index contributed by atoms with van der Waals surface area (Å²) in [6, 6.07) is 52.7. The minimum absolute atomic E-state index is 0.422. The van der Waals surface area contributed by atoms with Crippen LogP contribution in [-0.2, 0) is 5.60 Å². The molecule has 0 fully saturated rings. The van der Waals surface area contributed by atoms with Gasteiger partial charge in [0, 0.05) is 58.8 Å². The van der Waals surface area contributed by atoms with Gasteiger partial charge in [-0.1, -0.05) is 109 Å². The molecular weight excluding hydrogens is 683 g/mol. The lowest BCUT2D eigenvalue weighted by Gasteiger charge is -2.35. The topological polar surface area (TPSA) is 61.0 Å². The van der Waals surface area contributed by atoms with Crippen LogP contribution in [0.3, 0.4) is 0 Å². The highest BCUT2D eigenvalue weighted by atomic mass is 32.1. The van der Waals surface area contributed by atoms with E-state index < -0.39 is 5.60 Å². The second kappa shape index (κ2) is 11.7. The molecule has 5 nitrogen and oxygen atoms in total. The second-order valence-corrected chi connectivity index (χ2v) is 15.4. The summed E-state index contributed by atoms with van der Waals surface area (Å²) in [6.45, 7) is 4.26. The predicted octanol–water partition coefficient (Wildman–Crippen LogP) is 13.1. The fourth-order valence-corrected chi connectivity index (χ4v) is 9.06. The van der Waals surface area contributed by atoms with Gasteiger partial charge in [-0.3, -0.25) is 0 Å². The monoisotopic (exact) mass is 713 g/mol. The molecule has 0 radical (unpaired) electrons. The zero-order chi connectivity index (χ0) is 36.0. The fraction of sp³-hybridized carbons (Fsp3) is 0.0625. The average molecular weight is 714 g/mol. The van der Waals surface area contributed by atoms with Crippen LogP contribution < -0.4 is 4.74 Å². The Morgan fingerprint density at radius 1 is 0.463 bits per heavy atom. The maximum Gasteiger partial charge on any atom is 0.164 e. The number of fused-ring (bicyclic) bond motifs is 9. The van der Waals surface area contributed by atoms with Gasteiger partial charge in [0.1, 0.15) is 22.5 Å². The van der Waals surface area contributed by atoms with E-state index in [9.17, 15) is 0 Å². The molecule has 0 saturated carbocycles. The summed E-state index contributed by atoms with van der Waals surface area (Å²) in [7, 11) is 0. The van der Waals surface area contributed by atoms with E-state index in [2.05, 4.69) is 135 Å². The molecule has 54 heavy (non-hydrogen) atoms. The Balaban J connectivity index is 1.05. The number of furan rings is 1. The van der Waals surface area contributed by atoms with Crippen LogP contribution in [0.4, 0.5) is 0 Å². The van der Waals surface area contributed by atoms with Gasteiger partial charge >= 0.3 is 0 Å². The number of aromatic nitrogens is 3. The third-order valence-electron chi connectivity index (χ3n) is 10.6. The van der Waals surface area contributed by atoms with E-state index in [0.29, 0.717) is 17.5 Å². The number of ether oxygens (including phenoxy) is 1. The zero-order valence-corrected chi connectivity index (χ0v) is 30.3. The van der Waals surface area contributed by atoms with E-state index in [0.717, 1.165) is 61.1 Å². The van der Waals surface area contributed by atoms with Gasteiger partial charge in [-0.25, -0.2) is 15.0 Å². The first-order valence-corrected chi connectivity index (χ1v) is 18.9. The maximum absolute atomic E-state index is 6.58. The van der Waals surface area contributed by atoms with Crippen LogP contribution in [0.5, 0.6) is 5.75 Å². The van der Waals surface area contributed by atoms with Crippen LogP contribution >= 0.6 is 11.3 Å². The molecule has 0 spiro atoms. The Bertz CT molecular complexity index is 3120. The molecule has 1 aliphatic heterocycles.